The molecule has 2 unspecified atom stereocenters. The number of hydrogen-bond acceptors (Lipinski definition) is 5. The maximum absolute atomic E-state index is 5.30. The van der Waals surface area contributed by atoms with Crippen molar-refractivity contribution in [2.75, 3.05) is 20.2 Å². The lowest BCUT2D eigenvalue weighted by molar-refractivity contribution is 0.0903. The van der Waals surface area contributed by atoms with Crippen molar-refractivity contribution in [3.63, 3.8) is 0 Å². The van der Waals surface area contributed by atoms with Gasteiger partial charge in [0.15, 0.2) is 0 Å². The fourth-order valence-corrected chi connectivity index (χ4v) is 2.45. The number of aryl methyl sites for hydroxylation is 1. The summed E-state index contributed by atoms with van der Waals surface area (Å²) in [5.74, 6) is 2.17. The molecule has 2 atom stereocenters. The van der Waals surface area contributed by atoms with Crippen LogP contribution in [-0.4, -0.2) is 30.3 Å². The van der Waals surface area contributed by atoms with Gasteiger partial charge in [-0.15, -0.1) is 0 Å². The van der Waals surface area contributed by atoms with Gasteiger partial charge >= 0.3 is 0 Å². The largest absolute Gasteiger partial charge is 0.373 e. The third kappa shape index (κ3) is 3.53. The number of piperidine rings is 1. The summed E-state index contributed by atoms with van der Waals surface area (Å²) in [5.41, 5.74) is 0. The Kier molecular flexibility index (Phi) is 5.13. The van der Waals surface area contributed by atoms with Crippen molar-refractivity contribution in [1.29, 1.82) is 0 Å². The molecule has 1 aliphatic rings. The van der Waals surface area contributed by atoms with Gasteiger partial charge in [0.25, 0.3) is 0 Å². The summed E-state index contributed by atoms with van der Waals surface area (Å²) in [6.45, 7) is 4.34. The van der Waals surface area contributed by atoms with Crippen LogP contribution < -0.4 is 5.32 Å². The Morgan fingerprint density at radius 2 is 2.44 bits per heavy atom. The molecule has 0 aromatic carbocycles. The zero-order valence-electron chi connectivity index (χ0n) is 11.3. The highest BCUT2D eigenvalue weighted by atomic mass is 16.5. The maximum atomic E-state index is 5.30. The summed E-state index contributed by atoms with van der Waals surface area (Å²) >= 11 is 0. The van der Waals surface area contributed by atoms with E-state index in [9.17, 15) is 0 Å². The first-order valence-electron chi connectivity index (χ1n) is 6.89. The average Bonchev–Trinajstić information content (AvgIpc) is 2.88. The number of hydrogen-bond donors (Lipinski definition) is 1. The number of ether oxygens (including phenoxy) is 1. The van der Waals surface area contributed by atoms with Crippen LogP contribution in [0.3, 0.4) is 0 Å². The lowest BCUT2D eigenvalue weighted by atomic mass is 9.95. The van der Waals surface area contributed by atoms with E-state index in [1.165, 1.54) is 12.8 Å². The van der Waals surface area contributed by atoms with Gasteiger partial charge in [0.2, 0.25) is 11.7 Å². The number of nitrogens with zero attached hydrogens (tertiary/aromatic N) is 2. The van der Waals surface area contributed by atoms with E-state index in [0.29, 0.717) is 5.82 Å². The molecule has 0 aliphatic carbocycles. The highest BCUT2D eigenvalue weighted by Crippen LogP contribution is 2.19. The van der Waals surface area contributed by atoms with E-state index >= 15 is 0 Å². The van der Waals surface area contributed by atoms with Crippen molar-refractivity contribution < 1.29 is 9.26 Å². The van der Waals surface area contributed by atoms with Crippen molar-refractivity contribution in [2.45, 2.75) is 45.1 Å². The number of rotatable bonds is 6. The monoisotopic (exact) mass is 253 g/mol. The molecule has 1 saturated heterocycles. The van der Waals surface area contributed by atoms with Gasteiger partial charge in [-0.1, -0.05) is 12.1 Å². The van der Waals surface area contributed by atoms with Crippen molar-refractivity contribution in [2.24, 2.45) is 5.92 Å². The summed E-state index contributed by atoms with van der Waals surface area (Å²) in [4.78, 5) is 4.41. The smallest absolute Gasteiger partial charge is 0.226 e. The predicted octanol–water partition coefficient (Wildman–Crippen LogP) is 2.10. The number of nitrogens with one attached hydrogen (secondary N) is 1. The molecule has 1 aromatic rings. The normalized spacial score (nSPS) is 22.0. The first-order valence-corrected chi connectivity index (χ1v) is 6.89. The van der Waals surface area contributed by atoms with E-state index < -0.39 is 0 Å². The van der Waals surface area contributed by atoms with Crippen LogP contribution in [0.1, 0.15) is 50.4 Å². The molecule has 2 rings (SSSR count). The van der Waals surface area contributed by atoms with Crippen LogP contribution in [0.2, 0.25) is 0 Å². The van der Waals surface area contributed by atoms with E-state index in [1.807, 2.05) is 0 Å². The number of aromatic nitrogens is 2. The molecule has 1 fully saturated rings. The van der Waals surface area contributed by atoms with Crippen LogP contribution in [-0.2, 0) is 11.2 Å². The van der Waals surface area contributed by atoms with Gasteiger partial charge in [-0.2, -0.15) is 4.98 Å². The van der Waals surface area contributed by atoms with Gasteiger partial charge in [-0.3, -0.25) is 0 Å². The maximum Gasteiger partial charge on any atom is 0.226 e. The molecule has 2 heterocycles. The van der Waals surface area contributed by atoms with Crippen LogP contribution in [0.15, 0.2) is 4.52 Å². The second kappa shape index (κ2) is 6.85. The lowest BCUT2D eigenvalue weighted by Gasteiger charge is -2.21. The first kappa shape index (κ1) is 13.5. The van der Waals surface area contributed by atoms with Crippen LogP contribution in [0.5, 0.6) is 0 Å². The quantitative estimate of drug-likeness (QED) is 0.841. The minimum absolute atomic E-state index is 0.0427. The van der Waals surface area contributed by atoms with Gasteiger partial charge in [0.05, 0.1) is 0 Å². The molecule has 0 amide bonds. The van der Waals surface area contributed by atoms with E-state index in [0.717, 1.165) is 44.2 Å². The van der Waals surface area contributed by atoms with E-state index in [-0.39, 0.29) is 6.10 Å². The average molecular weight is 253 g/mol. The Bertz CT molecular complexity index is 344. The Hall–Kier alpha value is -0.940. The van der Waals surface area contributed by atoms with Crippen molar-refractivity contribution in [3.8, 4) is 0 Å². The van der Waals surface area contributed by atoms with Gasteiger partial charge in [-0.25, -0.2) is 0 Å². The van der Waals surface area contributed by atoms with Crippen LogP contribution in [0.25, 0.3) is 0 Å². The Morgan fingerprint density at radius 3 is 3.11 bits per heavy atom. The summed E-state index contributed by atoms with van der Waals surface area (Å²) in [5, 5.41) is 7.42. The molecule has 102 valence electrons. The van der Waals surface area contributed by atoms with Crippen LogP contribution in [0.4, 0.5) is 0 Å². The van der Waals surface area contributed by atoms with Crippen molar-refractivity contribution >= 4 is 0 Å². The Morgan fingerprint density at radius 1 is 1.56 bits per heavy atom. The standard InChI is InChI=1S/C13H23N3O2/c1-3-11(17-2)13-15-12(18-16-13)7-6-10-5-4-8-14-9-10/h10-11,14H,3-9H2,1-2H3. The second-order valence-electron chi connectivity index (χ2n) is 4.93. The zero-order valence-corrected chi connectivity index (χ0v) is 11.3. The van der Waals surface area contributed by atoms with E-state index in [1.54, 1.807) is 7.11 Å². The fraction of sp³-hybridized carbons (Fsp3) is 0.846. The van der Waals surface area contributed by atoms with Gasteiger partial charge in [0.1, 0.15) is 6.10 Å². The summed E-state index contributed by atoms with van der Waals surface area (Å²) in [6, 6.07) is 0. The molecule has 1 N–H and O–H groups in total. The van der Waals surface area contributed by atoms with Crippen LogP contribution in [0, 0.1) is 5.92 Å². The molecular weight excluding hydrogens is 230 g/mol. The third-order valence-corrected chi connectivity index (χ3v) is 3.59. The molecule has 1 aromatic heterocycles. The molecule has 1 aliphatic heterocycles. The van der Waals surface area contributed by atoms with Crippen molar-refractivity contribution in [1.82, 2.24) is 15.5 Å². The highest BCUT2D eigenvalue weighted by Gasteiger charge is 2.18. The molecule has 0 spiro atoms. The molecular formula is C13H23N3O2. The molecule has 0 bridgehead atoms. The SMILES string of the molecule is CCC(OC)c1noc(CCC2CCCNC2)n1. The second-order valence-corrected chi connectivity index (χ2v) is 4.93. The highest BCUT2D eigenvalue weighted by molar-refractivity contribution is 4.91. The number of methoxy groups -OCH3 is 1. The summed E-state index contributed by atoms with van der Waals surface area (Å²) < 4.78 is 10.6. The molecule has 0 radical (unpaired) electrons. The third-order valence-electron chi connectivity index (χ3n) is 3.59. The van der Waals surface area contributed by atoms with Gasteiger partial charge < -0.3 is 14.6 Å². The van der Waals surface area contributed by atoms with E-state index in [2.05, 4.69) is 22.4 Å². The fourth-order valence-electron chi connectivity index (χ4n) is 2.45. The van der Waals surface area contributed by atoms with E-state index in [4.69, 9.17) is 9.26 Å². The first-order chi connectivity index (χ1) is 8.83. The topological polar surface area (TPSA) is 60.2 Å². The molecule has 5 nitrogen and oxygen atoms in total. The van der Waals surface area contributed by atoms with Crippen LogP contribution >= 0.6 is 0 Å². The lowest BCUT2D eigenvalue weighted by Crippen LogP contribution is -2.29. The zero-order chi connectivity index (χ0) is 12.8. The Labute approximate surface area is 108 Å². The Balaban J connectivity index is 1.82. The summed E-state index contributed by atoms with van der Waals surface area (Å²) in [7, 11) is 1.68. The minimum Gasteiger partial charge on any atom is -0.373 e. The molecule has 5 heteroatoms. The van der Waals surface area contributed by atoms with Gasteiger partial charge in [-0.05, 0) is 44.7 Å². The minimum atomic E-state index is -0.0427. The van der Waals surface area contributed by atoms with Crippen molar-refractivity contribution in [3.05, 3.63) is 11.7 Å². The van der Waals surface area contributed by atoms with Gasteiger partial charge in [0, 0.05) is 13.5 Å². The summed E-state index contributed by atoms with van der Waals surface area (Å²) in [6.07, 6.45) is 5.41. The predicted molar refractivity (Wildman–Crippen MR) is 68.3 cm³/mol. The molecule has 18 heavy (non-hydrogen) atoms. The molecule has 0 saturated carbocycles.